The maximum atomic E-state index is 13.9. The predicted octanol–water partition coefficient (Wildman–Crippen LogP) is 3.94. The summed E-state index contributed by atoms with van der Waals surface area (Å²) in [5.41, 5.74) is 0.569. The van der Waals surface area contributed by atoms with Crippen LogP contribution in [0.3, 0.4) is 0 Å². The SMILES string of the molecule is CC(C)(C)NCC1CCN(c2c(F)cc(F)cc2Br)C1. The molecule has 1 aliphatic rings. The molecule has 0 saturated carbocycles. The Balaban J connectivity index is 2.03. The zero-order chi connectivity index (χ0) is 14.9. The minimum Gasteiger partial charge on any atom is -0.368 e. The Morgan fingerprint density at radius 3 is 2.65 bits per heavy atom. The summed E-state index contributed by atoms with van der Waals surface area (Å²) < 4.78 is 27.5. The molecule has 1 fully saturated rings. The predicted molar refractivity (Wildman–Crippen MR) is 82.1 cm³/mol. The third-order valence-electron chi connectivity index (χ3n) is 3.50. The van der Waals surface area contributed by atoms with Crippen molar-refractivity contribution in [1.82, 2.24) is 5.32 Å². The minimum absolute atomic E-state index is 0.0924. The lowest BCUT2D eigenvalue weighted by molar-refractivity contribution is 0.383. The normalized spacial score (nSPS) is 19.7. The number of hydrogen-bond acceptors (Lipinski definition) is 2. The third kappa shape index (κ3) is 3.92. The number of nitrogens with zero attached hydrogens (tertiary/aromatic N) is 1. The van der Waals surface area contributed by atoms with Gasteiger partial charge in [0.2, 0.25) is 0 Å². The number of benzene rings is 1. The molecule has 0 aliphatic carbocycles. The Morgan fingerprint density at radius 2 is 2.05 bits per heavy atom. The highest BCUT2D eigenvalue weighted by molar-refractivity contribution is 9.10. The number of nitrogens with one attached hydrogen (secondary N) is 1. The molecule has 20 heavy (non-hydrogen) atoms. The largest absolute Gasteiger partial charge is 0.368 e. The number of hydrogen-bond donors (Lipinski definition) is 1. The lowest BCUT2D eigenvalue weighted by Crippen LogP contribution is -2.39. The summed E-state index contributed by atoms with van der Waals surface area (Å²) in [6.45, 7) is 8.92. The Bertz CT molecular complexity index is 462. The van der Waals surface area contributed by atoms with Gasteiger partial charge in [-0.2, -0.15) is 0 Å². The molecular formula is C15H21BrF2N2. The molecule has 5 heteroatoms. The molecule has 1 aliphatic heterocycles. The van der Waals surface area contributed by atoms with Crippen LogP contribution in [0.5, 0.6) is 0 Å². The zero-order valence-electron chi connectivity index (χ0n) is 12.1. The van der Waals surface area contributed by atoms with Crippen LogP contribution < -0.4 is 10.2 Å². The second-order valence-electron chi connectivity index (χ2n) is 6.45. The van der Waals surface area contributed by atoms with Crippen LogP contribution in [0.2, 0.25) is 0 Å². The number of halogens is 3. The maximum Gasteiger partial charge on any atom is 0.150 e. The average molecular weight is 347 g/mol. The average Bonchev–Trinajstić information content (AvgIpc) is 2.72. The summed E-state index contributed by atoms with van der Waals surface area (Å²) in [5.74, 6) is -0.560. The second-order valence-corrected chi connectivity index (χ2v) is 7.30. The lowest BCUT2D eigenvalue weighted by atomic mass is 10.1. The van der Waals surface area contributed by atoms with Crippen LogP contribution >= 0.6 is 15.9 Å². The summed E-state index contributed by atoms with van der Waals surface area (Å²) >= 11 is 3.26. The second kappa shape index (κ2) is 5.98. The first-order chi connectivity index (χ1) is 9.26. The molecule has 1 N–H and O–H groups in total. The molecule has 1 atom stereocenters. The molecule has 1 aromatic carbocycles. The van der Waals surface area contributed by atoms with Crippen molar-refractivity contribution in [2.45, 2.75) is 32.7 Å². The molecule has 0 bridgehead atoms. The van der Waals surface area contributed by atoms with Gasteiger partial charge in [-0.25, -0.2) is 8.78 Å². The first-order valence-corrected chi connectivity index (χ1v) is 7.70. The zero-order valence-corrected chi connectivity index (χ0v) is 13.7. The molecule has 2 rings (SSSR count). The molecule has 0 amide bonds. The van der Waals surface area contributed by atoms with Crippen LogP contribution in [-0.2, 0) is 0 Å². The summed E-state index contributed by atoms with van der Waals surface area (Å²) in [7, 11) is 0. The monoisotopic (exact) mass is 346 g/mol. The van der Waals surface area contributed by atoms with Crippen molar-refractivity contribution in [2.24, 2.45) is 5.92 Å². The van der Waals surface area contributed by atoms with Gasteiger partial charge in [0.25, 0.3) is 0 Å². The standard InChI is InChI=1S/C15H21BrF2N2/c1-15(2,3)19-8-10-4-5-20(9-10)14-12(16)6-11(17)7-13(14)18/h6-7,10,19H,4-5,8-9H2,1-3H3. The van der Waals surface area contributed by atoms with Gasteiger partial charge in [-0.15, -0.1) is 0 Å². The van der Waals surface area contributed by atoms with Crippen molar-refractivity contribution in [3.63, 3.8) is 0 Å². The fourth-order valence-electron chi connectivity index (χ4n) is 2.49. The first-order valence-electron chi connectivity index (χ1n) is 6.91. The van der Waals surface area contributed by atoms with Crippen LogP contribution in [-0.4, -0.2) is 25.2 Å². The molecule has 0 spiro atoms. The van der Waals surface area contributed by atoms with E-state index in [0.717, 1.165) is 32.1 Å². The fraction of sp³-hybridized carbons (Fsp3) is 0.600. The van der Waals surface area contributed by atoms with Gasteiger partial charge in [0.15, 0.2) is 5.82 Å². The Morgan fingerprint density at radius 1 is 1.35 bits per heavy atom. The van der Waals surface area contributed by atoms with Gasteiger partial charge in [0.05, 0.1) is 5.69 Å². The summed E-state index contributed by atoms with van der Waals surface area (Å²) in [4.78, 5) is 1.99. The van der Waals surface area contributed by atoms with Gasteiger partial charge in [0, 0.05) is 35.7 Å². The molecule has 0 aromatic heterocycles. The highest BCUT2D eigenvalue weighted by Crippen LogP contribution is 2.33. The van der Waals surface area contributed by atoms with Crippen molar-refractivity contribution in [3.8, 4) is 0 Å². The maximum absolute atomic E-state index is 13.9. The molecule has 1 heterocycles. The van der Waals surface area contributed by atoms with E-state index in [1.54, 1.807) is 0 Å². The van der Waals surface area contributed by atoms with Crippen LogP contribution in [0.15, 0.2) is 16.6 Å². The molecule has 1 saturated heterocycles. The van der Waals surface area contributed by atoms with Gasteiger partial charge in [-0.05, 0) is 55.1 Å². The van der Waals surface area contributed by atoms with Crippen molar-refractivity contribution < 1.29 is 8.78 Å². The van der Waals surface area contributed by atoms with Crippen LogP contribution in [0, 0.1) is 17.6 Å². The molecule has 112 valence electrons. The van der Waals surface area contributed by atoms with Gasteiger partial charge in [-0.1, -0.05) is 0 Å². The van der Waals surface area contributed by atoms with Crippen LogP contribution in [0.1, 0.15) is 27.2 Å². The highest BCUT2D eigenvalue weighted by atomic mass is 79.9. The highest BCUT2D eigenvalue weighted by Gasteiger charge is 2.27. The lowest BCUT2D eigenvalue weighted by Gasteiger charge is -2.24. The first kappa shape index (κ1) is 15.7. The van der Waals surface area contributed by atoms with E-state index in [2.05, 4.69) is 42.0 Å². The molecule has 0 radical (unpaired) electrons. The Labute approximate surface area is 127 Å². The Kier molecular flexibility index (Phi) is 4.69. The van der Waals surface area contributed by atoms with E-state index in [4.69, 9.17) is 0 Å². The topological polar surface area (TPSA) is 15.3 Å². The van der Waals surface area contributed by atoms with E-state index in [1.165, 1.54) is 6.07 Å². The molecule has 2 nitrogen and oxygen atoms in total. The number of anilines is 1. The van der Waals surface area contributed by atoms with E-state index >= 15 is 0 Å². The van der Waals surface area contributed by atoms with E-state index in [1.807, 2.05) is 4.90 Å². The van der Waals surface area contributed by atoms with Crippen LogP contribution in [0.4, 0.5) is 14.5 Å². The Hall–Kier alpha value is -0.680. The van der Waals surface area contributed by atoms with Crippen LogP contribution in [0.25, 0.3) is 0 Å². The van der Waals surface area contributed by atoms with E-state index in [0.29, 0.717) is 16.1 Å². The fourth-order valence-corrected chi connectivity index (χ4v) is 3.15. The van der Waals surface area contributed by atoms with Gasteiger partial charge in [0.1, 0.15) is 5.82 Å². The summed E-state index contributed by atoms with van der Waals surface area (Å²) in [6, 6.07) is 2.26. The van der Waals surface area contributed by atoms with Crippen molar-refractivity contribution in [1.29, 1.82) is 0 Å². The van der Waals surface area contributed by atoms with Gasteiger partial charge < -0.3 is 10.2 Å². The third-order valence-corrected chi connectivity index (χ3v) is 4.11. The van der Waals surface area contributed by atoms with Gasteiger partial charge >= 0.3 is 0 Å². The van der Waals surface area contributed by atoms with E-state index in [-0.39, 0.29) is 5.54 Å². The van der Waals surface area contributed by atoms with Gasteiger partial charge in [-0.3, -0.25) is 0 Å². The molecule has 1 unspecified atom stereocenters. The van der Waals surface area contributed by atoms with Crippen molar-refractivity contribution in [3.05, 3.63) is 28.2 Å². The summed E-state index contributed by atoms with van der Waals surface area (Å²) in [6.07, 6.45) is 1.02. The van der Waals surface area contributed by atoms with E-state index < -0.39 is 11.6 Å². The molecular weight excluding hydrogens is 326 g/mol. The summed E-state index contributed by atoms with van der Waals surface area (Å²) in [5, 5.41) is 3.48. The number of rotatable bonds is 3. The quantitative estimate of drug-likeness (QED) is 0.891. The van der Waals surface area contributed by atoms with Crippen molar-refractivity contribution in [2.75, 3.05) is 24.5 Å². The van der Waals surface area contributed by atoms with E-state index in [9.17, 15) is 8.78 Å². The van der Waals surface area contributed by atoms with Crippen molar-refractivity contribution >= 4 is 21.6 Å². The minimum atomic E-state index is -0.553. The smallest absolute Gasteiger partial charge is 0.150 e. The molecule has 1 aromatic rings.